The van der Waals surface area contributed by atoms with Crippen molar-refractivity contribution in [1.82, 2.24) is 4.90 Å². The van der Waals surface area contributed by atoms with E-state index in [4.69, 9.17) is 16.3 Å². The Balaban J connectivity index is 2.06. The lowest BCUT2D eigenvalue weighted by Gasteiger charge is -2.38. The molecule has 2 fully saturated rings. The Bertz CT molecular complexity index is 761. The van der Waals surface area contributed by atoms with Crippen molar-refractivity contribution in [1.29, 1.82) is 0 Å². The number of alkyl halides is 3. The first-order valence-corrected chi connectivity index (χ1v) is 9.82. The van der Waals surface area contributed by atoms with Crippen LogP contribution in [0.2, 0.25) is 0 Å². The molecule has 2 heterocycles. The number of rotatable bonds is 4. The Morgan fingerprint density at radius 2 is 1.76 bits per heavy atom. The highest BCUT2D eigenvalue weighted by molar-refractivity contribution is 6.68. The number of piperidine rings is 1. The standard InChI is InChI=1S/C19H23ClF3N3O3/c1-24-6-4-13(5-7-24)26(18(28)19(21,22)23)16-12-14(2-3-15(16)17(20)27)25-8-10-29-11-9-25/h2-3,12-13H,4-11H2,1H3. The second-order valence-electron chi connectivity index (χ2n) is 7.28. The van der Waals surface area contributed by atoms with Gasteiger partial charge < -0.3 is 19.4 Å². The van der Waals surface area contributed by atoms with E-state index < -0.39 is 23.4 Å². The fraction of sp³-hybridized carbons (Fsp3) is 0.579. The zero-order valence-corrected chi connectivity index (χ0v) is 16.8. The van der Waals surface area contributed by atoms with Gasteiger partial charge in [0.25, 0.3) is 5.24 Å². The molecule has 1 aromatic rings. The molecule has 6 nitrogen and oxygen atoms in total. The van der Waals surface area contributed by atoms with Crippen molar-refractivity contribution in [2.75, 3.05) is 56.2 Å². The van der Waals surface area contributed by atoms with Gasteiger partial charge in [-0.25, -0.2) is 0 Å². The van der Waals surface area contributed by atoms with Crippen molar-refractivity contribution >= 4 is 34.1 Å². The summed E-state index contributed by atoms with van der Waals surface area (Å²) in [7, 11) is 1.87. The van der Waals surface area contributed by atoms with Gasteiger partial charge in [0.05, 0.1) is 24.5 Å². The number of carbonyl (C=O) groups excluding carboxylic acids is 2. The Kier molecular flexibility index (Phi) is 6.70. The SMILES string of the molecule is CN1CCC(N(C(=O)C(F)(F)F)c2cc(N3CCOCC3)ccc2C(=O)Cl)CC1. The van der Waals surface area contributed by atoms with E-state index in [0.29, 0.717) is 57.9 Å². The first-order valence-electron chi connectivity index (χ1n) is 9.44. The first-order chi connectivity index (χ1) is 13.7. The smallest absolute Gasteiger partial charge is 0.378 e. The molecule has 0 N–H and O–H groups in total. The van der Waals surface area contributed by atoms with Crippen LogP contribution >= 0.6 is 11.6 Å². The van der Waals surface area contributed by atoms with Crippen molar-refractivity contribution in [2.45, 2.75) is 25.1 Å². The van der Waals surface area contributed by atoms with Crippen LogP contribution in [0, 0.1) is 0 Å². The van der Waals surface area contributed by atoms with Crippen molar-refractivity contribution in [3.05, 3.63) is 23.8 Å². The van der Waals surface area contributed by atoms with E-state index in [1.165, 1.54) is 12.1 Å². The van der Waals surface area contributed by atoms with Gasteiger partial charge in [0.2, 0.25) is 0 Å². The van der Waals surface area contributed by atoms with Crippen LogP contribution < -0.4 is 9.80 Å². The summed E-state index contributed by atoms with van der Waals surface area (Å²) in [6, 6.07) is 3.81. The van der Waals surface area contributed by atoms with Gasteiger partial charge in [-0.3, -0.25) is 9.59 Å². The molecule has 1 amide bonds. The van der Waals surface area contributed by atoms with Crippen molar-refractivity contribution in [3.8, 4) is 0 Å². The zero-order valence-electron chi connectivity index (χ0n) is 16.0. The molecule has 0 radical (unpaired) electrons. The molecular weight excluding hydrogens is 411 g/mol. The predicted molar refractivity (Wildman–Crippen MR) is 104 cm³/mol. The minimum absolute atomic E-state index is 0.0918. The molecule has 0 aliphatic carbocycles. The molecule has 0 bridgehead atoms. The van der Waals surface area contributed by atoms with Gasteiger partial charge in [-0.2, -0.15) is 13.2 Å². The number of halogens is 4. The molecule has 0 saturated carbocycles. The van der Waals surface area contributed by atoms with Crippen LogP contribution in [0.5, 0.6) is 0 Å². The number of benzene rings is 1. The van der Waals surface area contributed by atoms with Gasteiger partial charge in [-0.05, 0) is 62.8 Å². The van der Waals surface area contributed by atoms with Crippen molar-refractivity contribution < 1.29 is 27.5 Å². The third-order valence-corrected chi connectivity index (χ3v) is 5.55. The second-order valence-corrected chi connectivity index (χ2v) is 7.63. The van der Waals surface area contributed by atoms with Crippen LogP contribution in [0.1, 0.15) is 23.2 Å². The normalized spacial score (nSPS) is 19.3. The lowest BCUT2D eigenvalue weighted by Crippen LogP contribution is -2.51. The topological polar surface area (TPSA) is 53.1 Å². The highest BCUT2D eigenvalue weighted by atomic mass is 35.5. The van der Waals surface area contributed by atoms with Crippen LogP contribution in [-0.4, -0.2) is 74.7 Å². The summed E-state index contributed by atoms with van der Waals surface area (Å²) in [4.78, 5) is 29.0. The number of hydrogen-bond acceptors (Lipinski definition) is 5. The molecule has 3 rings (SSSR count). The fourth-order valence-corrected chi connectivity index (χ4v) is 3.93. The first kappa shape index (κ1) is 21.9. The number of nitrogens with zero attached hydrogens (tertiary/aromatic N) is 3. The average molecular weight is 434 g/mol. The third kappa shape index (κ3) is 5.02. The Hall–Kier alpha value is -1.84. The number of likely N-dealkylation sites (tertiary alicyclic amines) is 1. The fourth-order valence-electron chi connectivity index (χ4n) is 3.77. The maximum absolute atomic E-state index is 13.5. The lowest BCUT2D eigenvalue weighted by atomic mass is 10.0. The molecule has 0 atom stereocenters. The lowest BCUT2D eigenvalue weighted by molar-refractivity contribution is -0.171. The van der Waals surface area contributed by atoms with E-state index in [2.05, 4.69) is 0 Å². The van der Waals surface area contributed by atoms with Gasteiger partial charge in [-0.15, -0.1) is 0 Å². The molecule has 1 aromatic carbocycles. The van der Waals surface area contributed by atoms with Crippen LogP contribution in [0.25, 0.3) is 0 Å². The third-order valence-electron chi connectivity index (χ3n) is 5.34. The van der Waals surface area contributed by atoms with Crippen LogP contribution in [0.4, 0.5) is 24.5 Å². The average Bonchev–Trinajstić information content (AvgIpc) is 2.69. The van der Waals surface area contributed by atoms with E-state index in [0.717, 1.165) is 4.90 Å². The quantitative estimate of drug-likeness (QED) is 0.683. The second kappa shape index (κ2) is 8.89. The molecule has 2 aliphatic heterocycles. The van der Waals surface area contributed by atoms with Gasteiger partial charge >= 0.3 is 12.1 Å². The van der Waals surface area contributed by atoms with E-state index in [1.54, 1.807) is 6.07 Å². The Labute approximate surface area is 172 Å². The van der Waals surface area contributed by atoms with E-state index in [-0.39, 0.29) is 11.3 Å². The highest BCUT2D eigenvalue weighted by Gasteiger charge is 2.46. The maximum Gasteiger partial charge on any atom is 0.471 e. The summed E-state index contributed by atoms with van der Waals surface area (Å²) in [5.74, 6) is -1.98. The summed E-state index contributed by atoms with van der Waals surface area (Å²) < 4.78 is 45.7. The van der Waals surface area contributed by atoms with Crippen molar-refractivity contribution in [3.63, 3.8) is 0 Å². The minimum atomic E-state index is -5.06. The Morgan fingerprint density at radius 3 is 2.31 bits per heavy atom. The van der Waals surface area contributed by atoms with Crippen LogP contribution in [0.15, 0.2) is 18.2 Å². The number of amides is 1. The molecule has 0 unspecified atom stereocenters. The number of morpholine rings is 1. The van der Waals surface area contributed by atoms with Gasteiger partial charge in [0.15, 0.2) is 0 Å². The molecule has 2 saturated heterocycles. The van der Waals surface area contributed by atoms with E-state index in [1.807, 2.05) is 16.8 Å². The molecule has 29 heavy (non-hydrogen) atoms. The Morgan fingerprint density at radius 1 is 1.14 bits per heavy atom. The molecule has 0 aromatic heterocycles. The van der Waals surface area contributed by atoms with Gasteiger partial charge in [0, 0.05) is 24.8 Å². The maximum atomic E-state index is 13.5. The molecule has 10 heteroatoms. The summed E-state index contributed by atoms with van der Waals surface area (Å²) in [5, 5.41) is -0.901. The summed E-state index contributed by atoms with van der Waals surface area (Å²) >= 11 is 5.67. The molecule has 0 spiro atoms. The van der Waals surface area contributed by atoms with Crippen molar-refractivity contribution in [2.24, 2.45) is 0 Å². The number of ether oxygens (including phenoxy) is 1. The zero-order chi connectivity index (χ0) is 21.2. The van der Waals surface area contributed by atoms with Gasteiger partial charge in [-0.1, -0.05) is 0 Å². The summed E-state index contributed by atoms with van der Waals surface area (Å²) in [6.07, 6.45) is -4.32. The minimum Gasteiger partial charge on any atom is -0.378 e. The number of hydrogen-bond donors (Lipinski definition) is 0. The highest BCUT2D eigenvalue weighted by Crippen LogP contribution is 2.35. The molecular formula is C19H23ClF3N3O3. The summed E-state index contributed by atoms with van der Waals surface area (Å²) in [5.41, 5.74) is 0.420. The predicted octanol–water partition coefficient (Wildman–Crippen LogP) is 2.89. The van der Waals surface area contributed by atoms with E-state index in [9.17, 15) is 22.8 Å². The number of anilines is 2. The van der Waals surface area contributed by atoms with Crippen LogP contribution in [-0.2, 0) is 9.53 Å². The summed E-state index contributed by atoms with van der Waals surface area (Å²) in [6.45, 7) is 3.22. The van der Waals surface area contributed by atoms with E-state index >= 15 is 0 Å². The largest absolute Gasteiger partial charge is 0.471 e. The van der Waals surface area contributed by atoms with Crippen LogP contribution in [0.3, 0.4) is 0 Å². The monoisotopic (exact) mass is 433 g/mol. The molecule has 2 aliphatic rings. The molecule has 160 valence electrons. The number of carbonyl (C=O) groups is 2. The van der Waals surface area contributed by atoms with Gasteiger partial charge in [0.1, 0.15) is 0 Å².